The van der Waals surface area contributed by atoms with E-state index in [0.29, 0.717) is 13.0 Å². The van der Waals surface area contributed by atoms with Gasteiger partial charge in [0.15, 0.2) is 0 Å². The van der Waals surface area contributed by atoms with Crippen LogP contribution in [0.1, 0.15) is 33.1 Å². The van der Waals surface area contributed by atoms with Crippen molar-refractivity contribution < 1.29 is 24.2 Å². The van der Waals surface area contributed by atoms with E-state index in [1.54, 1.807) is 6.92 Å². The van der Waals surface area contributed by atoms with Gasteiger partial charge in [-0.1, -0.05) is 6.92 Å². The van der Waals surface area contributed by atoms with Gasteiger partial charge in [-0.05, 0) is 26.2 Å². The summed E-state index contributed by atoms with van der Waals surface area (Å²) in [6.45, 7) is 4.04. The van der Waals surface area contributed by atoms with Crippen molar-refractivity contribution in [2.24, 2.45) is 5.92 Å². The van der Waals surface area contributed by atoms with Crippen LogP contribution >= 0.6 is 0 Å². The number of carboxylic acid groups (broad SMARTS) is 1. The number of nitrogens with zero attached hydrogens (tertiary/aromatic N) is 1. The molecular weight excluding hydrogens is 264 g/mol. The van der Waals surface area contributed by atoms with Crippen LogP contribution in [0.25, 0.3) is 0 Å². The summed E-state index contributed by atoms with van der Waals surface area (Å²) in [5.74, 6) is -2.02. The average molecular weight is 286 g/mol. The Kier molecular flexibility index (Phi) is 6.27. The summed E-state index contributed by atoms with van der Waals surface area (Å²) in [4.78, 5) is 36.0. The molecule has 1 saturated heterocycles. The number of nitrogens with one attached hydrogen (secondary N) is 1. The molecule has 0 spiro atoms. The highest BCUT2D eigenvalue weighted by Crippen LogP contribution is 2.18. The minimum absolute atomic E-state index is 0.0419. The number of carboxylic acids is 1. The van der Waals surface area contributed by atoms with Gasteiger partial charge in [0.2, 0.25) is 0 Å². The highest BCUT2D eigenvalue weighted by Gasteiger charge is 2.33. The lowest BCUT2D eigenvalue weighted by Gasteiger charge is -2.34. The normalized spacial score (nSPS) is 20.1. The number of urea groups is 1. The number of hydrogen-bond donors (Lipinski definition) is 2. The molecule has 0 radical (unpaired) electrons. The van der Waals surface area contributed by atoms with Gasteiger partial charge in [0.05, 0.1) is 12.5 Å². The summed E-state index contributed by atoms with van der Waals surface area (Å²) < 4.78 is 4.97. The summed E-state index contributed by atoms with van der Waals surface area (Å²) >= 11 is 0. The molecule has 20 heavy (non-hydrogen) atoms. The molecule has 1 aliphatic heterocycles. The van der Waals surface area contributed by atoms with Gasteiger partial charge in [-0.2, -0.15) is 0 Å². The van der Waals surface area contributed by atoms with Crippen molar-refractivity contribution in [1.29, 1.82) is 0 Å². The first kappa shape index (κ1) is 16.3. The molecule has 2 unspecified atom stereocenters. The largest absolute Gasteiger partial charge is 0.481 e. The van der Waals surface area contributed by atoms with E-state index >= 15 is 0 Å². The zero-order valence-corrected chi connectivity index (χ0v) is 11.9. The molecule has 1 heterocycles. The fourth-order valence-corrected chi connectivity index (χ4v) is 2.09. The number of ether oxygens (including phenoxy) is 1. The maximum atomic E-state index is 12.1. The molecule has 1 fully saturated rings. The molecular formula is C13H22N2O5. The highest BCUT2D eigenvalue weighted by atomic mass is 16.5. The third-order valence-electron chi connectivity index (χ3n) is 3.30. The van der Waals surface area contributed by atoms with Gasteiger partial charge in [0.1, 0.15) is 6.04 Å². The molecule has 1 rings (SSSR count). The number of carbonyl (C=O) groups excluding carboxylic acids is 2. The summed E-state index contributed by atoms with van der Waals surface area (Å²) in [5.41, 5.74) is 0. The van der Waals surface area contributed by atoms with Crippen LogP contribution in [0.3, 0.4) is 0 Å². The average Bonchev–Trinajstić information content (AvgIpc) is 2.44. The second-order valence-electron chi connectivity index (χ2n) is 4.88. The molecule has 1 aliphatic rings. The van der Waals surface area contributed by atoms with E-state index in [1.807, 2.05) is 0 Å². The molecule has 0 aromatic heterocycles. The monoisotopic (exact) mass is 286 g/mol. The lowest BCUT2D eigenvalue weighted by molar-refractivity contribution is -0.149. The molecule has 0 bridgehead atoms. The predicted octanol–water partition coefficient (Wildman–Crippen LogP) is 0.834. The second-order valence-corrected chi connectivity index (χ2v) is 4.88. The Morgan fingerprint density at radius 3 is 2.70 bits per heavy atom. The molecule has 2 atom stereocenters. The van der Waals surface area contributed by atoms with Crippen LogP contribution in [-0.4, -0.2) is 53.7 Å². The molecule has 0 aromatic carbocycles. The summed E-state index contributed by atoms with van der Waals surface area (Å²) in [6.07, 6.45) is 2.29. The first-order chi connectivity index (χ1) is 9.47. The van der Waals surface area contributed by atoms with Gasteiger partial charge in [0.25, 0.3) is 0 Å². The molecule has 0 saturated carbocycles. The lowest BCUT2D eigenvalue weighted by Crippen LogP contribution is -2.53. The number of likely N-dealkylation sites (tertiary alicyclic amines) is 1. The van der Waals surface area contributed by atoms with Gasteiger partial charge >= 0.3 is 18.0 Å². The molecule has 2 N–H and O–H groups in total. The number of aliphatic carboxylic acids is 1. The van der Waals surface area contributed by atoms with E-state index in [1.165, 1.54) is 11.8 Å². The Labute approximate surface area is 118 Å². The Morgan fingerprint density at radius 2 is 2.10 bits per heavy atom. The fraction of sp³-hybridized carbons (Fsp3) is 0.769. The van der Waals surface area contributed by atoms with E-state index in [2.05, 4.69) is 5.32 Å². The zero-order valence-electron chi connectivity index (χ0n) is 11.9. The minimum Gasteiger partial charge on any atom is -0.481 e. The van der Waals surface area contributed by atoms with Crippen molar-refractivity contribution in [2.45, 2.75) is 39.2 Å². The third-order valence-corrected chi connectivity index (χ3v) is 3.30. The molecule has 2 amide bonds. The lowest BCUT2D eigenvalue weighted by atomic mass is 10.0. The van der Waals surface area contributed by atoms with E-state index in [9.17, 15) is 14.4 Å². The SMILES string of the molecule is CCOC(=O)C1CCCCN1C(=O)NCC(C)C(=O)O. The first-order valence-corrected chi connectivity index (χ1v) is 6.91. The number of rotatable bonds is 5. The molecule has 0 aromatic rings. The molecule has 114 valence electrons. The Morgan fingerprint density at radius 1 is 1.40 bits per heavy atom. The zero-order chi connectivity index (χ0) is 15.1. The number of piperidine rings is 1. The maximum Gasteiger partial charge on any atom is 0.328 e. The van der Waals surface area contributed by atoms with Crippen molar-refractivity contribution in [2.75, 3.05) is 19.7 Å². The van der Waals surface area contributed by atoms with Gasteiger partial charge < -0.3 is 20.1 Å². The Hall–Kier alpha value is -1.79. The van der Waals surface area contributed by atoms with Crippen molar-refractivity contribution in [3.63, 3.8) is 0 Å². The number of esters is 1. The third kappa shape index (κ3) is 4.40. The minimum atomic E-state index is -0.967. The van der Waals surface area contributed by atoms with Crippen LogP contribution in [0.15, 0.2) is 0 Å². The van der Waals surface area contributed by atoms with Crippen molar-refractivity contribution in [3.05, 3.63) is 0 Å². The smallest absolute Gasteiger partial charge is 0.328 e. The van der Waals surface area contributed by atoms with E-state index in [4.69, 9.17) is 9.84 Å². The molecule has 7 nitrogen and oxygen atoms in total. The number of hydrogen-bond acceptors (Lipinski definition) is 4. The van der Waals surface area contributed by atoms with Crippen LogP contribution in [0.2, 0.25) is 0 Å². The first-order valence-electron chi connectivity index (χ1n) is 6.91. The molecule has 7 heteroatoms. The van der Waals surface area contributed by atoms with Gasteiger partial charge in [0, 0.05) is 13.1 Å². The summed E-state index contributed by atoms with van der Waals surface area (Å²) in [7, 11) is 0. The van der Waals surface area contributed by atoms with E-state index in [-0.39, 0.29) is 13.2 Å². The highest BCUT2D eigenvalue weighted by molar-refractivity contribution is 5.84. The second kappa shape index (κ2) is 7.72. The van der Waals surface area contributed by atoms with Crippen molar-refractivity contribution in [1.82, 2.24) is 10.2 Å². The van der Waals surface area contributed by atoms with E-state index in [0.717, 1.165) is 12.8 Å². The predicted molar refractivity (Wildman–Crippen MR) is 71.2 cm³/mol. The Bertz CT molecular complexity index is 372. The van der Waals surface area contributed by atoms with Crippen LogP contribution in [-0.2, 0) is 14.3 Å². The van der Waals surface area contributed by atoms with Crippen LogP contribution < -0.4 is 5.32 Å². The van der Waals surface area contributed by atoms with Gasteiger partial charge in [-0.3, -0.25) is 4.79 Å². The Balaban J connectivity index is 2.58. The fourth-order valence-electron chi connectivity index (χ4n) is 2.09. The van der Waals surface area contributed by atoms with Crippen molar-refractivity contribution >= 4 is 18.0 Å². The topological polar surface area (TPSA) is 95.9 Å². The summed E-state index contributed by atoms with van der Waals surface area (Å²) in [5, 5.41) is 11.3. The molecule has 0 aliphatic carbocycles. The standard InChI is InChI=1S/C13H22N2O5/c1-3-20-12(18)10-6-4-5-7-15(10)13(19)14-8-9(2)11(16)17/h9-10H,3-8H2,1-2H3,(H,14,19)(H,16,17). The quantitative estimate of drug-likeness (QED) is 0.730. The number of carbonyl (C=O) groups is 3. The van der Waals surface area contributed by atoms with Crippen LogP contribution in [0, 0.1) is 5.92 Å². The summed E-state index contributed by atoms with van der Waals surface area (Å²) in [6, 6.07) is -0.973. The maximum absolute atomic E-state index is 12.1. The van der Waals surface area contributed by atoms with E-state index < -0.39 is 29.9 Å². The van der Waals surface area contributed by atoms with Gasteiger partial charge in [-0.15, -0.1) is 0 Å². The van der Waals surface area contributed by atoms with Gasteiger partial charge in [-0.25, -0.2) is 9.59 Å². The van der Waals surface area contributed by atoms with Crippen LogP contribution in [0.4, 0.5) is 4.79 Å². The number of amides is 2. The van der Waals surface area contributed by atoms with Crippen molar-refractivity contribution in [3.8, 4) is 0 Å². The van der Waals surface area contributed by atoms with Crippen LogP contribution in [0.5, 0.6) is 0 Å².